The highest BCUT2D eigenvalue weighted by Gasteiger charge is 2.22. The first-order valence-electron chi connectivity index (χ1n) is 11.6. The molecule has 1 aromatic carbocycles. The lowest BCUT2D eigenvalue weighted by atomic mass is 10.1. The monoisotopic (exact) mass is 472 g/mol. The van der Waals surface area contributed by atoms with Crippen LogP contribution in [0.15, 0.2) is 24.3 Å². The number of hydrogen-bond donors (Lipinski definition) is 1. The molecule has 0 spiro atoms. The number of primary amides is 1. The van der Waals surface area contributed by atoms with Crippen LogP contribution in [-0.2, 0) is 29.2 Å². The smallest absolute Gasteiger partial charge is 0.217 e. The Morgan fingerprint density at radius 1 is 1.18 bits per heavy atom. The van der Waals surface area contributed by atoms with Crippen molar-refractivity contribution in [1.82, 2.24) is 19.2 Å². The number of benzene rings is 1. The van der Waals surface area contributed by atoms with Crippen molar-refractivity contribution in [2.24, 2.45) is 5.73 Å². The summed E-state index contributed by atoms with van der Waals surface area (Å²) in [5.74, 6) is 0.530. The lowest BCUT2D eigenvalue weighted by Gasteiger charge is -2.35. The normalized spacial score (nSPS) is 19.2. The van der Waals surface area contributed by atoms with E-state index in [1.807, 2.05) is 33.5 Å². The van der Waals surface area contributed by atoms with Crippen molar-refractivity contribution >= 4 is 29.6 Å². The minimum Gasteiger partial charge on any atom is -0.376 e. The molecule has 1 atom stereocenters. The summed E-state index contributed by atoms with van der Waals surface area (Å²) < 4.78 is 10.3. The van der Waals surface area contributed by atoms with Crippen molar-refractivity contribution in [3.8, 4) is 0 Å². The van der Waals surface area contributed by atoms with Crippen molar-refractivity contribution < 1.29 is 14.3 Å². The van der Waals surface area contributed by atoms with Crippen molar-refractivity contribution in [2.45, 2.75) is 51.9 Å². The maximum atomic E-state index is 11.5. The first-order valence-corrected chi connectivity index (χ1v) is 12.0. The number of aryl methyl sites for hydroxylation is 1. The Labute approximate surface area is 199 Å². The number of nitrogens with two attached hydrogens (primary N) is 1. The van der Waals surface area contributed by atoms with E-state index in [0.29, 0.717) is 24.4 Å². The molecular weight excluding hydrogens is 440 g/mol. The molecule has 0 bridgehead atoms. The van der Waals surface area contributed by atoms with Gasteiger partial charge in [-0.1, -0.05) is 0 Å². The van der Waals surface area contributed by atoms with Crippen molar-refractivity contribution in [3.05, 3.63) is 40.4 Å². The molecule has 33 heavy (non-hydrogen) atoms. The average molecular weight is 473 g/mol. The van der Waals surface area contributed by atoms with Crippen molar-refractivity contribution in [2.75, 3.05) is 37.7 Å². The maximum absolute atomic E-state index is 11.5. The van der Waals surface area contributed by atoms with E-state index in [9.17, 15) is 9.59 Å². The minimum absolute atomic E-state index is 0.0808. The van der Waals surface area contributed by atoms with E-state index in [-0.39, 0.29) is 24.2 Å². The number of ketones is 1. The predicted molar refractivity (Wildman–Crippen MR) is 128 cm³/mol. The van der Waals surface area contributed by atoms with Crippen LogP contribution in [0, 0.1) is 4.77 Å². The Hall–Kier alpha value is -2.56. The number of anilines is 1. The largest absolute Gasteiger partial charge is 0.376 e. The zero-order valence-electron chi connectivity index (χ0n) is 19.1. The minimum atomic E-state index is -0.341. The van der Waals surface area contributed by atoms with Gasteiger partial charge in [0.15, 0.2) is 10.6 Å². The maximum Gasteiger partial charge on any atom is 0.217 e. The van der Waals surface area contributed by atoms with Gasteiger partial charge in [-0.3, -0.25) is 14.5 Å². The third kappa shape index (κ3) is 5.87. The van der Waals surface area contributed by atoms with Gasteiger partial charge in [0.05, 0.1) is 19.3 Å². The Morgan fingerprint density at radius 3 is 2.52 bits per heavy atom. The third-order valence-electron chi connectivity index (χ3n) is 6.35. The number of hydrogen-bond acceptors (Lipinski definition) is 7. The number of rotatable bonds is 9. The number of piperazine rings is 1. The SMILES string of the molecule is CC(=O)c1ccc(N2CCN(Cn3nc(CCC(N)=O)n(CC4CCCO4)c3=S)CC2)cc1. The topological polar surface area (TPSA) is 98.6 Å². The molecule has 0 aliphatic carbocycles. The Bertz CT molecular complexity index is 1030. The highest BCUT2D eigenvalue weighted by Crippen LogP contribution is 2.19. The van der Waals surface area contributed by atoms with Gasteiger partial charge in [0.1, 0.15) is 5.82 Å². The van der Waals surface area contributed by atoms with E-state index >= 15 is 0 Å². The molecule has 10 heteroatoms. The molecule has 2 N–H and O–H groups in total. The summed E-state index contributed by atoms with van der Waals surface area (Å²) in [6.07, 6.45) is 2.93. The van der Waals surface area contributed by atoms with Gasteiger partial charge in [0.2, 0.25) is 5.91 Å². The van der Waals surface area contributed by atoms with Gasteiger partial charge >= 0.3 is 0 Å². The molecule has 1 amide bonds. The molecule has 0 radical (unpaired) electrons. The summed E-state index contributed by atoms with van der Waals surface area (Å²) >= 11 is 5.76. The number of carbonyl (C=O) groups excluding carboxylic acids is 2. The Morgan fingerprint density at radius 2 is 1.91 bits per heavy atom. The summed E-state index contributed by atoms with van der Waals surface area (Å²) in [5.41, 5.74) is 7.23. The molecule has 3 heterocycles. The van der Waals surface area contributed by atoms with Crippen LogP contribution in [0.4, 0.5) is 5.69 Å². The van der Waals surface area contributed by atoms with Gasteiger partial charge in [0.25, 0.3) is 0 Å². The quantitative estimate of drug-likeness (QED) is 0.440. The zero-order valence-corrected chi connectivity index (χ0v) is 19.9. The highest BCUT2D eigenvalue weighted by molar-refractivity contribution is 7.71. The lowest BCUT2D eigenvalue weighted by Crippen LogP contribution is -2.47. The van der Waals surface area contributed by atoms with E-state index < -0.39 is 0 Å². The standard InChI is InChI=1S/C23H32N6O3S/c1-17(30)18-4-6-19(7-5-18)27-12-10-26(11-13-27)16-29-23(33)28(15-20-3-2-14-32-20)22(25-29)9-8-21(24)31/h4-7,20H,2-3,8-16H2,1H3,(H2,24,31). The second-order valence-corrected chi connectivity index (χ2v) is 9.12. The highest BCUT2D eigenvalue weighted by atomic mass is 32.1. The number of Topliss-reactive ketones (excluding diaryl/α,β-unsaturated/α-hetero) is 1. The first kappa shape index (κ1) is 23.6. The molecule has 0 saturated carbocycles. The van der Waals surface area contributed by atoms with Crippen LogP contribution in [0.1, 0.15) is 42.4 Å². The predicted octanol–water partition coefficient (Wildman–Crippen LogP) is 1.99. The second kappa shape index (κ2) is 10.6. The fourth-order valence-electron chi connectivity index (χ4n) is 4.42. The number of amides is 1. The number of carbonyl (C=O) groups is 2. The summed E-state index contributed by atoms with van der Waals surface area (Å²) in [5, 5.41) is 4.75. The van der Waals surface area contributed by atoms with Crippen molar-refractivity contribution in [1.29, 1.82) is 0 Å². The van der Waals surface area contributed by atoms with Crippen LogP contribution in [0.5, 0.6) is 0 Å². The molecule has 178 valence electrons. The fraction of sp³-hybridized carbons (Fsp3) is 0.565. The van der Waals surface area contributed by atoms with Crippen LogP contribution in [0.3, 0.4) is 0 Å². The molecule has 2 aromatic rings. The molecule has 2 aliphatic heterocycles. The molecule has 2 fully saturated rings. The average Bonchev–Trinajstić information content (AvgIpc) is 3.42. The Balaban J connectivity index is 1.40. The van der Waals surface area contributed by atoms with Crippen LogP contribution in [-0.4, -0.2) is 69.8 Å². The second-order valence-electron chi connectivity index (χ2n) is 8.76. The van der Waals surface area contributed by atoms with Crippen molar-refractivity contribution in [3.63, 3.8) is 0 Å². The molecule has 1 unspecified atom stereocenters. The molecule has 2 saturated heterocycles. The van der Waals surface area contributed by atoms with Gasteiger partial charge < -0.3 is 19.9 Å². The van der Waals surface area contributed by atoms with Crippen LogP contribution >= 0.6 is 12.2 Å². The number of nitrogens with zero attached hydrogens (tertiary/aromatic N) is 5. The lowest BCUT2D eigenvalue weighted by molar-refractivity contribution is -0.118. The summed E-state index contributed by atoms with van der Waals surface area (Å²) in [7, 11) is 0. The fourth-order valence-corrected chi connectivity index (χ4v) is 4.70. The molecule has 9 nitrogen and oxygen atoms in total. The van der Waals surface area contributed by atoms with E-state index in [4.69, 9.17) is 27.8 Å². The molecule has 2 aliphatic rings. The summed E-state index contributed by atoms with van der Waals surface area (Å²) in [6, 6.07) is 7.80. The van der Waals surface area contributed by atoms with Gasteiger partial charge in [-0.05, 0) is 56.2 Å². The number of ether oxygens (including phenoxy) is 1. The molecule has 1 aromatic heterocycles. The van der Waals surface area contributed by atoms with E-state index in [2.05, 4.69) is 9.80 Å². The van der Waals surface area contributed by atoms with Crippen LogP contribution in [0.2, 0.25) is 0 Å². The van der Waals surface area contributed by atoms with Gasteiger partial charge in [-0.25, -0.2) is 4.68 Å². The van der Waals surface area contributed by atoms with Gasteiger partial charge in [-0.15, -0.1) is 0 Å². The molecule has 4 rings (SSSR count). The van der Waals surface area contributed by atoms with Crippen LogP contribution in [0.25, 0.3) is 0 Å². The Kier molecular flexibility index (Phi) is 7.56. The summed E-state index contributed by atoms with van der Waals surface area (Å²) in [6.45, 7) is 7.17. The summed E-state index contributed by atoms with van der Waals surface area (Å²) in [4.78, 5) is 27.5. The third-order valence-corrected chi connectivity index (χ3v) is 6.78. The van der Waals surface area contributed by atoms with Gasteiger partial charge in [0, 0.05) is 56.9 Å². The van der Waals surface area contributed by atoms with Gasteiger partial charge in [-0.2, -0.15) is 5.10 Å². The van der Waals surface area contributed by atoms with E-state index in [0.717, 1.165) is 62.7 Å². The zero-order chi connectivity index (χ0) is 23.4. The molecular formula is C23H32N6O3S. The number of aromatic nitrogens is 3. The van der Waals surface area contributed by atoms with Crippen LogP contribution < -0.4 is 10.6 Å². The van der Waals surface area contributed by atoms with E-state index in [1.54, 1.807) is 6.92 Å². The van der Waals surface area contributed by atoms with E-state index in [1.165, 1.54) is 0 Å². The first-order chi connectivity index (χ1) is 15.9.